The highest BCUT2D eigenvalue weighted by Gasteiger charge is 2.16. The zero-order valence-electron chi connectivity index (χ0n) is 10.4. The lowest BCUT2D eigenvalue weighted by molar-refractivity contribution is 0.0695. The van der Waals surface area contributed by atoms with Crippen molar-refractivity contribution in [1.82, 2.24) is 5.16 Å². The van der Waals surface area contributed by atoms with Crippen molar-refractivity contribution >= 4 is 17.6 Å². The maximum atomic E-state index is 12.0. The Bertz CT molecular complexity index is 646. The molecular weight excluding hydrogens is 248 g/mol. The maximum absolute atomic E-state index is 12.0. The van der Waals surface area contributed by atoms with Gasteiger partial charge in [-0.3, -0.25) is 4.79 Å². The van der Waals surface area contributed by atoms with E-state index in [9.17, 15) is 9.59 Å². The summed E-state index contributed by atoms with van der Waals surface area (Å²) in [6, 6.07) is 4.70. The number of benzene rings is 1. The first-order valence-corrected chi connectivity index (χ1v) is 5.56. The number of aryl methyl sites for hydroxylation is 1. The van der Waals surface area contributed by atoms with Gasteiger partial charge in [-0.25, -0.2) is 4.79 Å². The van der Waals surface area contributed by atoms with Crippen LogP contribution in [0.15, 0.2) is 28.9 Å². The van der Waals surface area contributed by atoms with E-state index in [2.05, 4.69) is 10.5 Å². The van der Waals surface area contributed by atoms with Gasteiger partial charge in [0.2, 0.25) is 0 Å². The number of anilines is 1. The topological polar surface area (TPSA) is 92.4 Å². The number of carbonyl (C=O) groups excluding carboxylic acids is 1. The Labute approximate surface area is 109 Å². The number of hydrogen-bond donors (Lipinski definition) is 2. The number of carboxylic acids is 1. The van der Waals surface area contributed by atoms with E-state index < -0.39 is 5.97 Å². The number of nitrogens with zero attached hydrogens (tertiary/aromatic N) is 1. The van der Waals surface area contributed by atoms with Gasteiger partial charge in [-0.2, -0.15) is 0 Å². The van der Waals surface area contributed by atoms with Crippen LogP contribution < -0.4 is 5.32 Å². The molecule has 1 aromatic carbocycles. The highest BCUT2D eigenvalue weighted by molar-refractivity contribution is 6.05. The van der Waals surface area contributed by atoms with E-state index in [1.165, 1.54) is 12.3 Å². The van der Waals surface area contributed by atoms with E-state index in [0.29, 0.717) is 22.6 Å². The van der Waals surface area contributed by atoms with Crippen LogP contribution in [0.3, 0.4) is 0 Å². The molecule has 0 aliphatic carbocycles. The van der Waals surface area contributed by atoms with Gasteiger partial charge in [0, 0.05) is 5.69 Å². The molecule has 1 aromatic heterocycles. The molecule has 1 amide bonds. The molecule has 6 heteroatoms. The van der Waals surface area contributed by atoms with Crippen LogP contribution in [-0.4, -0.2) is 22.1 Å². The largest absolute Gasteiger partial charge is 0.478 e. The van der Waals surface area contributed by atoms with Gasteiger partial charge in [0.15, 0.2) is 0 Å². The van der Waals surface area contributed by atoms with Gasteiger partial charge in [0.05, 0.1) is 11.8 Å². The standard InChI is InChI=1S/C13H12N2O4/c1-7-9(13(17)18)4-3-5-11(7)15-12(16)10-6-14-19-8(10)2/h3-6H,1-2H3,(H,15,16)(H,17,18). The molecule has 2 aromatic rings. The first-order chi connectivity index (χ1) is 9.00. The van der Waals surface area contributed by atoms with Crippen LogP contribution in [0.5, 0.6) is 0 Å². The van der Waals surface area contributed by atoms with Crippen molar-refractivity contribution in [2.45, 2.75) is 13.8 Å². The van der Waals surface area contributed by atoms with E-state index in [4.69, 9.17) is 9.63 Å². The Kier molecular flexibility index (Phi) is 3.33. The van der Waals surface area contributed by atoms with Crippen molar-refractivity contribution in [2.75, 3.05) is 5.32 Å². The van der Waals surface area contributed by atoms with Gasteiger partial charge in [-0.05, 0) is 31.5 Å². The zero-order valence-corrected chi connectivity index (χ0v) is 10.4. The van der Waals surface area contributed by atoms with Crippen LogP contribution in [0.25, 0.3) is 0 Å². The molecule has 6 nitrogen and oxygen atoms in total. The van der Waals surface area contributed by atoms with Crippen LogP contribution in [0.2, 0.25) is 0 Å². The monoisotopic (exact) mass is 260 g/mol. The minimum absolute atomic E-state index is 0.153. The number of rotatable bonds is 3. The highest BCUT2D eigenvalue weighted by Crippen LogP contribution is 2.20. The smallest absolute Gasteiger partial charge is 0.336 e. The van der Waals surface area contributed by atoms with Crippen molar-refractivity contribution in [3.8, 4) is 0 Å². The average molecular weight is 260 g/mol. The Morgan fingerprint density at radius 2 is 2.00 bits per heavy atom. The molecule has 0 saturated heterocycles. The third-order valence-electron chi connectivity index (χ3n) is 2.81. The summed E-state index contributed by atoms with van der Waals surface area (Å²) in [5.41, 5.74) is 1.42. The van der Waals surface area contributed by atoms with Gasteiger partial charge >= 0.3 is 5.97 Å². The van der Waals surface area contributed by atoms with Gasteiger partial charge in [0.1, 0.15) is 11.3 Å². The fourth-order valence-corrected chi connectivity index (χ4v) is 1.71. The fourth-order valence-electron chi connectivity index (χ4n) is 1.71. The molecular formula is C13H12N2O4. The molecule has 1 heterocycles. The number of nitrogens with one attached hydrogen (secondary N) is 1. The first-order valence-electron chi connectivity index (χ1n) is 5.56. The number of carboxylic acid groups (broad SMARTS) is 1. The van der Waals surface area contributed by atoms with Crippen LogP contribution in [0.4, 0.5) is 5.69 Å². The zero-order chi connectivity index (χ0) is 14.0. The molecule has 0 atom stereocenters. The number of hydrogen-bond acceptors (Lipinski definition) is 4. The summed E-state index contributed by atoms with van der Waals surface area (Å²) < 4.78 is 4.81. The molecule has 0 unspecified atom stereocenters. The summed E-state index contributed by atoms with van der Waals surface area (Å²) in [5, 5.41) is 15.2. The number of aromatic carboxylic acids is 1. The number of aromatic nitrogens is 1. The first kappa shape index (κ1) is 12.8. The van der Waals surface area contributed by atoms with Crippen molar-refractivity contribution in [1.29, 1.82) is 0 Å². The Morgan fingerprint density at radius 1 is 1.26 bits per heavy atom. The van der Waals surface area contributed by atoms with Crippen LogP contribution in [-0.2, 0) is 0 Å². The lowest BCUT2D eigenvalue weighted by Crippen LogP contribution is -2.14. The van der Waals surface area contributed by atoms with Crippen molar-refractivity contribution in [2.24, 2.45) is 0 Å². The fraction of sp³-hybridized carbons (Fsp3) is 0.154. The Hall–Kier alpha value is -2.63. The third-order valence-corrected chi connectivity index (χ3v) is 2.81. The predicted molar refractivity (Wildman–Crippen MR) is 67.3 cm³/mol. The van der Waals surface area contributed by atoms with Gasteiger partial charge in [0.25, 0.3) is 5.91 Å². The van der Waals surface area contributed by atoms with Gasteiger partial charge < -0.3 is 14.9 Å². The molecule has 2 rings (SSSR count). The quantitative estimate of drug-likeness (QED) is 0.882. The highest BCUT2D eigenvalue weighted by atomic mass is 16.5. The summed E-state index contributed by atoms with van der Waals surface area (Å²) in [4.78, 5) is 23.0. The molecule has 0 aliphatic heterocycles. The predicted octanol–water partition coefficient (Wildman–Crippen LogP) is 2.24. The minimum Gasteiger partial charge on any atom is -0.478 e. The molecule has 0 bridgehead atoms. The van der Waals surface area contributed by atoms with Crippen molar-refractivity contribution < 1.29 is 19.2 Å². The average Bonchev–Trinajstić information content (AvgIpc) is 2.77. The minimum atomic E-state index is -1.03. The maximum Gasteiger partial charge on any atom is 0.336 e. The summed E-state index contributed by atoms with van der Waals surface area (Å²) in [6.45, 7) is 3.27. The summed E-state index contributed by atoms with van der Waals surface area (Å²) in [6.07, 6.45) is 1.32. The van der Waals surface area contributed by atoms with E-state index in [-0.39, 0.29) is 11.5 Å². The van der Waals surface area contributed by atoms with E-state index in [1.54, 1.807) is 26.0 Å². The van der Waals surface area contributed by atoms with Crippen LogP contribution >= 0.6 is 0 Å². The normalized spacial score (nSPS) is 10.2. The second-order valence-electron chi connectivity index (χ2n) is 4.03. The Balaban J connectivity index is 2.30. The molecule has 0 spiro atoms. The van der Waals surface area contributed by atoms with E-state index in [1.807, 2.05) is 0 Å². The number of amides is 1. The summed E-state index contributed by atoms with van der Waals surface area (Å²) >= 11 is 0. The molecule has 19 heavy (non-hydrogen) atoms. The Morgan fingerprint density at radius 3 is 2.58 bits per heavy atom. The van der Waals surface area contributed by atoms with Gasteiger partial charge in [-0.1, -0.05) is 11.2 Å². The van der Waals surface area contributed by atoms with E-state index in [0.717, 1.165) is 0 Å². The molecule has 0 fully saturated rings. The SMILES string of the molecule is Cc1oncc1C(=O)Nc1cccc(C(=O)O)c1C. The molecule has 0 saturated carbocycles. The number of carbonyl (C=O) groups is 2. The third kappa shape index (κ3) is 2.47. The summed E-state index contributed by atoms with van der Waals surface area (Å²) in [7, 11) is 0. The molecule has 2 N–H and O–H groups in total. The van der Waals surface area contributed by atoms with E-state index >= 15 is 0 Å². The van der Waals surface area contributed by atoms with Crippen LogP contribution in [0.1, 0.15) is 32.0 Å². The molecule has 0 aliphatic rings. The van der Waals surface area contributed by atoms with Gasteiger partial charge in [-0.15, -0.1) is 0 Å². The summed E-state index contributed by atoms with van der Waals surface area (Å²) in [5.74, 6) is -1.01. The second-order valence-corrected chi connectivity index (χ2v) is 4.03. The van der Waals surface area contributed by atoms with Crippen molar-refractivity contribution in [3.05, 3.63) is 46.8 Å². The molecule has 98 valence electrons. The van der Waals surface area contributed by atoms with Crippen LogP contribution in [0, 0.1) is 13.8 Å². The lowest BCUT2D eigenvalue weighted by Gasteiger charge is -2.09. The molecule has 0 radical (unpaired) electrons. The second kappa shape index (κ2) is 4.93. The lowest BCUT2D eigenvalue weighted by atomic mass is 10.1. The van der Waals surface area contributed by atoms with Crippen molar-refractivity contribution in [3.63, 3.8) is 0 Å².